The lowest BCUT2D eigenvalue weighted by Crippen LogP contribution is -2.08. The van der Waals surface area contributed by atoms with Crippen molar-refractivity contribution in [2.24, 2.45) is 0 Å². The van der Waals surface area contributed by atoms with Crippen LogP contribution < -0.4 is 5.32 Å². The minimum Gasteiger partial charge on any atom is -0.370 e. The van der Waals surface area contributed by atoms with Crippen LogP contribution in [-0.2, 0) is 6.54 Å². The maximum absolute atomic E-state index is 4.54. The van der Waals surface area contributed by atoms with Gasteiger partial charge in [0.2, 0.25) is 0 Å². The van der Waals surface area contributed by atoms with Gasteiger partial charge >= 0.3 is 0 Å². The Morgan fingerprint density at radius 2 is 1.91 bits per heavy atom. The first kappa shape index (κ1) is 15.2. The molecule has 5 heteroatoms. The van der Waals surface area contributed by atoms with Gasteiger partial charge in [-0.3, -0.25) is 0 Å². The fourth-order valence-corrected chi connectivity index (χ4v) is 2.43. The molecule has 0 aliphatic carbocycles. The number of aromatic nitrogens is 4. The van der Waals surface area contributed by atoms with Crippen molar-refractivity contribution in [3.8, 4) is 11.3 Å². The van der Waals surface area contributed by atoms with Crippen molar-refractivity contribution in [2.75, 3.05) is 11.9 Å². The summed E-state index contributed by atoms with van der Waals surface area (Å²) in [7, 11) is 0. The average Bonchev–Trinajstić information content (AvgIpc) is 3.05. The summed E-state index contributed by atoms with van der Waals surface area (Å²) in [6, 6.07) is 10.4. The monoisotopic (exact) mass is 307 g/mol. The molecule has 23 heavy (non-hydrogen) atoms. The summed E-state index contributed by atoms with van der Waals surface area (Å²) < 4.78 is 2.07. The lowest BCUT2D eigenvalue weighted by atomic mass is 10.1. The molecule has 0 amide bonds. The third kappa shape index (κ3) is 4.16. The van der Waals surface area contributed by atoms with E-state index in [9.17, 15) is 0 Å². The van der Waals surface area contributed by atoms with E-state index in [2.05, 4.69) is 56.0 Å². The Balaban J connectivity index is 1.64. The van der Waals surface area contributed by atoms with Crippen LogP contribution in [0.15, 0.2) is 49.1 Å². The summed E-state index contributed by atoms with van der Waals surface area (Å²) in [6.45, 7) is 5.82. The van der Waals surface area contributed by atoms with Crippen LogP contribution in [0.3, 0.4) is 0 Å². The lowest BCUT2D eigenvalue weighted by Gasteiger charge is -2.09. The molecule has 5 nitrogen and oxygen atoms in total. The number of rotatable bonds is 6. The highest BCUT2D eigenvalue weighted by Crippen LogP contribution is 2.20. The molecule has 0 radical (unpaired) electrons. The molecule has 2 aromatic heterocycles. The maximum Gasteiger partial charge on any atom is 0.130 e. The molecule has 0 bridgehead atoms. The average molecular weight is 307 g/mol. The molecular weight excluding hydrogens is 286 g/mol. The molecule has 0 unspecified atom stereocenters. The second-order valence-corrected chi connectivity index (χ2v) is 5.63. The van der Waals surface area contributed by atoms with Crippen molar-refractivity contribution < 1.29 is 0 Å². The summed E-state index contributed by atoms with van der Waals surface area (Å²) in [6.07, 6.45) is 6.63. The summed E-state index contributed by atoms with van der Waals surface area (Å²) in [5.41, 5.74) is 3.31. The largest absolute Gasteiger partial charge is 0.370 e. The first-order valence-corrected chi connectivity index (χ1v) is 7.83. The molecule has 0 aliphatic rings. The van der Waals surface area contributed by atoms with E-state index in [1.54, 1.807) is 6.20 Å². The minimum atomic E-state index is 0.778. The molecule has 3 aromatic rings. The van der Waals surface area contributed by atoms with Crippen LogP contribution >= 0.6 is 0 Å². The summed E-state index contributed by atoms with van der Waals surface area (Å²) in [4.78, 5) is 13.1. The number of benzene rings is 1. The van der Waals surface area contributed by atoms with Crippen LogP contribution in [0.1, 0.15) is 17.8 Å². The van der Waals surface area contributed by atoms with E-state index < -0.39 is 0 Å². The maximum atomic E-state index is 4.54. The Hall–Kier alpha value is -2.69. The van der Waals surface area contributed by atoms with Crippen LogP contribution in [0.2, 0.25) is 0 Å². The van der Waals surface area contributed by atoms with Crippen LogP contribution in [-0.4, -0.2) is 26.1 Å². The van der Waals surface area contributed by atoms with Gasteiger partial charge in [0.25, 0.3) is 0 Å². The number of anilines is 1. The standard InChI is InChI=1S/C18H21N5/c1-14-4-6-16(7-5-14)17-12-18(22-15(2)21-17)20-8-3-10-23-11-9-19-13-23/h4-7,9,11-13H,3,8,10H2,1-2H3,(H,20,21,22). The Labute approximate surface area is 136 Å². The minimum absolute atomic E-state index is 0.778. The smallest absolute Gasteiger partial charge is 0.130 e. The third-order valence-electron chi connectivity index (χ3n) is 3.64. The van der Waals surface area contributed by atoms with Gasteiger partial charge in [0.05, 0.1) is 12.0 Å². The van der Waals surface area contributed by atoms with Crippen molar-refractivity contribution in [2.45, 2.75) is 26.8 Å². The molecule has 0 aliphatic heterocycles. The normalized spacial score (nSPS) is 10.7. The van der Waals surface area contributed by atoms with Crippen molar-refractivity contribution in [3.63, 3.8) is 0 Å². The van der Waals surface area contributed by atoms with Crippen molar-refractivity contribution in [3.05, 3.63) is 60.4 Å². The van der Waals surface area contributed by atoms with Crippen LogP contribution in [0.4, 0.5) is 5.82 Å². The number of imidazole rings is 1. The van der Waals surface area contributed by atoms with Crippen LogP contribution in [0.25, 0.3) is 11.3 Å². The molecule has 0 atom stereocenters. The summed E-state index contributed by atoms with van der Waals surface area (Å²) in [5.74, 6) is 1.65. The molecule has 118 valence electrons. The van der Waals surface area contributed by atoms with Crippen molar-refractivity contribution in [1.29, 1.82) is 0 Å². The fraction of sp³-hybridized carbons (Fsp3) is 0.278. The van der Waals surface area contributed by atoms with E-state index in [-0.39, 0.29) is 0 Å². The van der Waals surface area contributed by atoms with Gasteiger partial charge in [-0.2, -0.15) is 0 Å². The third-order valence-corrected chi connectivity index (χ3v) is 3.64. The van der Waals surface area contributed by atoms with Crippen molar-refractivity contribution >= 4 is 5.82 Å². The van der Waals surface area contributed by atoms with E-state index in [1.807, 2.05) is 25.5 Å². The second kappa shape index (κ2) is 7.05. The van der Waals surface area contributed by atoms with Gasteiger partial charge in [-0.1, -0.05) is 29.8 Å². The second-order valence-electron chi connectivity index (χ2n) is 5.63. The van der Waals surface area contributed by atoms with Gasteiger partial charge in [-0.25, -0.2) is 15.0 Å². The summed E-state index contributed by atoms with van der Waals surface area (Å²) in [5, 5.41) is 3.38. The molecular formula is C18H21N5. The zero-order valence-electron chi connectivity index (χ0n) is 13.5. The first-order valence-electron chi connectivity index (χ1n) is 7.83. The van der Waals surface area contributed by atoms with Gasteiger partial charge in [-0.05, 0) is 20.3 Å². The number of hydrogen-bond donors (Lipinski definition) is 1. The Morgan fingerprint density at radius 1 is 1.09 bits per heavy atom. The highest BCUT2D eigenvalue weighted by Gasteiger charge is 2.04. The Kier molecular flexibility index (Phi) is 4.66. The van der Waals surface area contributed by atoms with Crippen LogP contribution in [0.5, 0.6) is 0 Å². The predicted octanol–water partition coefficient (Wildman–Crippen LogP) is 3.46. The Bertz CT molecular complexity index is 748. The van der Waals surface area contributed by atoms with Crippen LogP contribution in [0, 0.1) is 13.8 Å². The van der Waals surface area contributed by atoms with Gasteiger partial charge in [0.1, 0.15) is 11.6 Å². The molecule has 1 N–H and O–H groups in total. The van der Waals surface area contributed by atoms with E-state index in [4.69, 9.17) is 0 Å². The molecule has 0 saturated carbocycles. The zero-order valence-corrected chi connectivity index (χ0v) is 13.5. The van der Waals surface area contributed by atoms with E-state index >= 15 is 0 Å². The molecule has 0 saturated heterocycles. The summed E-state index contributed by atoms with van der Waals surface area (Å²) >= 11 is 0. The Morgan fingerprint density at radius 3 is 2.65 bits per heavy atom. The SMILES string of the molecule is Cc1ccc(-c2cc(NCCCn3ccnc3)nc(C)n2)cc1. The number of nitrogens with zero attached hydrogens (tertiary/aromatic N) is 4. The molecule has 2 heterocycles. The van der Waals surface area contributed by atoms with Gasteiger partial charge in [0.15, 0.2) is 0 Å². The first-order chi connectivity index (χ1) is 11.2. The number of aryl methyl sites for hydroxylation is 3. The van der Waals surface area contributed by atoms with E-state index in [0.717, 1.165) is 42.4 Å². The number of hydrogen-bond acceptors (Lipinski definition) is 4. The highest BCUT2D eigenvalue weighted by molar-refractivity contribution is 5.62. The molecule has 0 fully saturated rings. The quantitative estimate of drug-likeness (QED) is 0.709. The topological polar surface area (TPSA) is 55.6 Å². The predicted molar refractivity (Wildman–Crippen MR) is 92.3 cm³/mol. The molecule has 3 rings (SSSR count). The molecule has 0 spiro atoms. The van der Waals surface area contributed by atoms with Gasteiger partial charge in [-0.15, -0.1) is 0 Å². The van der Waals surface area contributed by atoms with E-state index in [1.165, 1.54) is 5.56 Å². The van der Waals surface area contributed by atoms with Gasteiger partial charge < -0.3 is 9.88 Å². The van der Waals surface area contributed by atoms with E-state index in [0.29, 0.717) is 0 Å². The highest BCUT2D eigenvalue weighted by atomic mass is 15.0. The fourth-order valence-electron chi connectivity index (χ4n) is 2.43. The van der Waals surface area contributed by atoms with Gasteiger partial charge in [0, 0.05) is 37.1 Å². The number of nitrogens with one attached hydrogen (secondary N) is 1. The zero-order chi connectivity index (χ0) is 16.1. The van der Waals surface area contributed by atoms with Crippen molar-refractivity contribution in [1.82, 2.24) is 19.5 Å². The lowest BCUT2D eigenvalue weighted by molar-refractivity contribution is 0.660. The molecule has 1 aromatic carbocycles.